The maximum atomic E-state index is 6.03. The summed E-state index contributed by atoms with van der Waals surface area (Å²) in [6, 6.07) is 2.09. The van der Waals surface area contributed by atoms with E-state index in [2.05, 4.69) is 22.2 Å². The molecule has 0 bridgehead atoms. The lowest BCUT2D eigenvalue weighted by Gasteiger charge is -2.28. The SMILES string of the molecule is CCOCc1nc(Cl)cc(NC(C)C2CCOCC2)n1. The van der Waals surface area contributed by atoms with Gasteiger partial charge >= 0.3 is 0 Å². The quantitative estimate of drug-likeness (QED) is 0.819. The summed E-state index contributed by atoms with van der Waals surface area (Å²) in [5.74, 6) is 1.98. The Balaban J connectivity index is 1.98. The van der Waals surface area contributed by atoms with Crippen molar-refractivity contribution in [1.29, 1.82) is 0 Å². The van der Waals surface area contributed by atoms with Gasteiger partial charge in [0.15, 0.2) is 5.82 Å². The van der Waals surface area contributed by atoms with Crippen LogP contribution in [0.5, 0.6) is 0 Å². The molecule has 0 spiro atoms. The highest BCUT2D eigenvalue weighted by atomic mass is 35.5. The minimum atomic E-state index is 0.338. The Morgan fingerprint density at radius 1 is 1.45 bits per heavy atom. The molecular formula is C14H22ClN3O2. The molecule has 20 heavy (non-hydrogen) atoms. The van der Waals surface area contributed by atoms with E-state index in [1.54, 1.807) is 6.07 Å². The summed E-state index contributed by atoms with van der Waals surface area (Å²) in [5, 5.41) is 3.86. The van der Waals surface area contributed by atoms with Gasteiger partial charge in [-0.15, -0.1) is 0 Å². The van der Waals surface area contributed by atoms with E-state index in [0.29, 0.717) is 36.2 Å². The fraction of sp³-hybridized carbons (Fsp3) is 0.714. The van der Waals surface area contributed by atoms with Crippen LogP contribution in [0.4, 0.5) is 5.82 Å². The lowest BCUT2D eigenvalue weighted by Crippen LogP contribution is -2.31. The lowest BCUT2D eigenvalue weighted by atomic mass is 9.93. The first-order chi connectivity index (χ1) is 9.69. The molecule has 1 atom stereocenters. The Hall–Kier alpha value is -0.910. The van der Waals surface area contributed by atoms with Crippen LogP contribution < -0.4 is 5.32 Å². The Morgan fingerprint density at radius 3 is 2.90 bits per heavy atom. The highest BCUT2D eigenvalue weighted by molar-refractivity contribution is 6.29. The zero-order valence-corrected chi connectivity index (χ0v) is 12.8. The summed E-state index contributed by atoms with van der Waals surface area (Å²) in [5.41, 5.74) is 0. The minimum absolute atomic E-state index is 0.338. The third-order valence-corrected chi connectivity index (χ3v) is 3.72. The van der Waals surface area contributed by atoms with Crippen molar-refractivity contribution >= 4 is 17.4 Å². The number of anilines is 1. The summed E-state index contributed by atoms with van der Waals surface area (Å²) in [7, 11) is 0. The van der Waals surface area contributed by atoms with Crippen molar-refractivity contribution in [3.63, 3.8) is 0 Å². The molecule has 5 nitrogen and oxygen atoms in total. The molecule has 112 valence electrons. The number of nitrogens with one attached hydrogen (secondary N) is 1. The summed E-state index contributed by atoms with van der Waals surface area (Å²) in [6.07, 6.45) is 2.16. The second-order valence-corrected chi connectivity index (χ2v) is 5.40. The van der Waals surface area contributed by atoms with E-state index in [1.165, 1.54) is 0 Å². The third-order valence-electron chi connectivity index (χ3n) is 3.53. The highest BCUT2D eigenvalue weighted by Crippen LogP contribution is 2.22. The molecule has 0 saturated carbocycles. The molecule has 1 aliphatic heterocycles. The Bertz CT molecular complexity index is 425. The minimum Gasteiger partial charge on any atom is -0.381 e. The van der Waals surface area contributed by atoms with E-state index in [-0.39, 0.29) is 0 Å². The smallest absolute Gasteiger partial charge is 0.158 e. The maximum absolute atomic E-state index is 6.03. The first-order valence-corrected chi connectivity index (χ1v) is 7.52. The molecule has 0 aliphatic carbocycles. The molecule has 2 heterocycles. The van der Waals surface area contributed by atoms with Gasteiger partial charge < -0.3 is 14.8 Å². The largest absolute Gasteiger partial charge is 0.381 e. The van der Waals surface area contributed by atoms with Crippen molar-refractivity contribution < 1.29 is 9.47 Å². The molecule has 1 aromatic rings. The second kappa shape index (κ2) is 7.76. The lowest BCUT2D eigenvalue weighted by molar-refractivity contribution is 0.0622. The van der Waals surface area contributed by atoms with Gasteiger partial charge in [-0.3, -0.25) is 0 Å². The summed E-state index contributed by atoms with van der Waals surface area (Å²) < 4.78 is 10.7. The van der Waals surface area contributed by atoms with Crippen molar-refractivity contribution in [1.82, 2.24) is 9.97 Å². The Kier molecular flexibility index (Phi) is 6.01. The maximum Gasteiger partial charge on any atom is 0.158 e. The van der Waals surface area contributed by atoms with E-state index in [9.17, 15) is 0 Å². The molecule has 1 fully saturated rings. The normalized spacial score (nSPS) is 17.9. The standard InChI is InChI=1S/C14H22ClN3O2/c1-3-19-9-14-17-12(15)8-13(18-14)16-10(2)11-4-6-20-7-5-11/h8,10-11H,3-7,9H2,1-2H3,(H,16,17,18). The zero-order valence-electron chi connectivity index (χ0n) is 12.1. The third kappa shape index (κ3) is 4.58. The fourth-order valence-electron chi connectivity index (χ4n) is 2.36. The van der Waals surface area contributed by atoms with E-state index < -0.39 is 0 Å². The van der Waals surface area contributed by atoms with Gasteiger partial charge in [-0.05, 0) is 32.6 Å². The van der Waals surface area contributed by atoms with Crippen LogP contribution in [0.1, 0.15) is 32.5 Å². The number of aromatic nitrogens is 2. The topological polar surface area (TPSA) is 56.3 Å². The monoisotopic (exact) mass is 299 g/mol. The summed E-state index contributed by atoms with van der Waals surface area (Å²) >= 11 is 6.03. The van der Waals surface area contributed by atoms with Crippen LogP contribution >= 0.6 is 11.6 Å². The van der Waals surface area contributed by atoms with Gasteiger partial charge in [0, 0.05) is 31.9 Å². The van der Waals surface area contributed by atoms with E-state index in [4.69, 9.17) is 21.1 Å². The van der Waals surface area contributed by atoms with Gasteiger partial charge in [0.1, 0.15) is 17.6 Å². The predicted octanol–water partition coefficient (Wildman–Crippen LogP) is 2.89. The number of ether oxygens (including phenoxy) is 2. The van der Waals surface area contributed by atoms with Gasteiger partial charge in [-0.25, -0.2) is 9.97 Å². The molecule has 0 amide bonds. The Labute approximate surface area is 125 Å². The summed E-state index contributed by atoms with van der Waals surface area (Å²) in [4.78, 5) is 8.60. The molecule has 2 rings (SSSR count). The zero-order chi connectivity index (χ0) is 14.4. The number of nitrogens with zero attached hydrogens (tertiary/aromatic N) is 2. The fourth-order valence-corrected chi connectivity index (χ4v) is 2.56. The average Bonchev–Trinajstić information content (AvgIpc) is 2.45. The summed E-state index contributed by atoms with van der Waals surface area (Å²) in [6.45, 7) is 6.83. The molecule has 0 radical (unpaired) electrons. The van der Waals surface area contributed by atoms with Crippen molar-refractivity contribution in [3.8, 4) is 0 Å². The Morgan fingerprint density at radius 2 is 2.20 bits per heavy atom. The average molecular weight is 300 g/mol. The van der Waals surface area contributed by atoms with Crippen LogP contribution in [-0.4, -0.2) is 35.8 Å². The van der Waals surface area contributed by atoms with Crippen LogP contribution in [0, 0.1) is 5.92 Å². The molecule has 0 aromatic carbocycles. The highest BCUT2D eigenvalue weighted by Gasteiger charge is 2.20. The van der Waals surface area contributed by atoms with Crippen LogP contribution in [0.2, 0.25) is 5.15 Å². The molecule has 1 N–H and O–H groups in total. The molecule has 6 heteroatoms. The molecular weight excluding hydrogens is 278 g/mol. The molecule has 1 aliphatic rings. The van der Waals surface area contributed by atoms with Crippen molar-refractivity contribution in [2.45, 2.75) is 39.3 Å². The van der Waals surface area contributed by atoms with Crippen LogP contribution in [0.3, 0.4) is 0 Å². The van der Waals surface area contributed by atoms with Crippen LogP contribution in [0.15, 0.2) is 6.07 Å². The van der Waals surface area contributed by atoms with E-state index in [1.807, 2.05) is 6.92 Å². The van der Waals surface area contributed by atoms with E-state index >= 15 is 0 Å². The predicted molar refractivity (Wildman–Crippen MR) is 79.0 cm³/mol. The van der Waals surface area contributed by atoms with Crippen LogP contribution in [0.25, 0.3) is 0 Å². The van der Waals surface area contributed by atoms with Gasteiger partial charge in [0.2, 0.25) is 0 Å². The van der Waals surface area contributed by atoms with Gasteiger partial charge in [0.05, 0.1) is 0 Å². The van der Waals surface area contributed by atoms with Crippen LogP contribution in [-0.2, 0) is 16.1 Å². The first-order valence-electron chi connectivity index (χ1n) is 7.14. The van der Waals surface area contributed by atoms with E-state index in [0.717, 1.165) is 31.9 Å². The number of halogens is 1. The second-order valence-electron chi connectivity index (χ2n) is 5.01. The van der Waals surface area contributed by atoms with Gasteiger partial charge in [0.25, 0.3) is 0 Å². The molecule has 1 unspecified atom stereocenters. The van der Waals surface area contributed by atoms with Gasteiger partial charge in [-0.2, -0.15) is 0 Å². The number of rotatable bonds is 6. The van der Waals surface area contributed by atoms with Gasteiger partial charge in [-0.1, -0.05) is 11.6 Å². The molecule has 1 saturated heterocycles. The number of hydrogen-bond donors (Lipinski definition) is 1. The van der Waals surface area contributed by atoms with Crippen molar-refractivity contribution in [2.75, 3.05) is 25.1 Å². The van der Waals surface area contributed by atoms with Crippen molar-refractivity contribution in [3.05, 3.63) is 17.0 Å². The molecule has 1 aromatic heterocycles. The van der Waals surface area contributed by atoms with Crippen molar-refractivity contribution in [2.24, 2.45) is 5.92 Å². The number of hydrogen-bond acceptors (Lipinski definition) is 5. The first kappa shape index (κ1) is 15.5.